The highest BCUT2D eigenvalue weighted by Gasteiger charge is 2.20. The minimum Gasteiger partial charge on any atom is -0.352 e. The molecule has 5 heterocycles. The number of fused-ring (bicyclic) bond motifs is 1. The van der Waals surface area contributed by atoms with Crippen molar-refractivity contribution in [3.05, 3.63) is 53.8 Å². The Kier molecular flexibility index (Phi) is 7.01. The van der Waals surface area contributed by atoms with Crippen molar-refractivity contribution in [2.75, 3.05) is 44.2 Å². The molecule has 1 aliphatic heterocycles. The number of carbonyl (C=O) groups is 1. The maximum Gasteiger partial charge on any atom is 0.252 e. The van der Waals surface area contributed by atoms with Crippen LogP contribution >= 0.6 is 11.3 Å². The van der Waals surface area contributed by atoms with E-state index >= 15 is 0 Å². The number of hydrogen-bond donors (Lipinski definition) is 1. The van der Waals surface area contributed by atoms with E-state index in [0.717, 1.165) is 66.7 Å². The van der Waals surface area contributed by atoms with Crippen LogP contribution in [0.2, 0.25) is 0 Å². The molecule has 9 nitrogen and oxygen atoms in total. The molecule has 10 heteroatoms. The first-order valence-electron chi connectivity index (χ1n) is 12.0. The van der Waals surface area contributed by atoms with E-state index in [4.69, 9.17) is 4.98 Å². The van der Waals surface area contributed by atoms with Gasteiger partial charge in [0.15, 0.2) is 5.65 Å². The molecule has 1 fully saturated rings. The molecule has 0 bridgehead atoms. The molecular weight excluding hydrogens is 460 g/mol. The third kappa shape index (κ3) is 5.18. The second kappa shape index (κ2) is 10.5. The molecule has 1 N–H and O–H groups in total. The molecule has 35 heavy (non-hydrogen) atoms. The molecule has 0 unspecified atom stereocenters. The number of carbonyl (C=O) groups excluding carboxylic acids is 1. The second-order valence-electron chi connectivity index (χ2n) is 8.94. The summed E-state index contributed by atoms with van der Waals surface area (Å²) >= 11 is 1.62. The topological polar surface area (TPSA) is 92.1 Å². The van der Waals surface area contributed by atoms with Crippen LogP contribution in [0.5, 0.6) is 0 Å². The standard InChI is InChI=1S/C25H30N8OS/c1-18(2)33-23-20(17-29-33)19(16-21(30-23)22-6-3-15-35-22)24(34)26-9-5-10-31-11-13-32(14-12-31)25-27-7-4-8-28-25/h3-4,6-8,15-18H,5,9-14H2,1-2H3,(H,26,34). The lowest BCUT2D eigenvalue weighted by Crippen LogP contribution is -2.47. The maximum absolute atomic E-state index is 13.2. The quantitative estimate of drug-likeness (QED) is 0.378. The van der Waals surface area contributed by atoms with E-state index in [0.29, 0.717) is 12.1 Å². The van der Waals surface area contributed by atoms with Crippen LogP contribution in [0.3, 0.4) is 0 Å². The van der Waals surface area contributed by atoms with Gasteiger partial charge in [-0.1, -0.05) is 6.07 Å². The molecule has 0 radical (unpaired) electrons. The van der Waals surface area contributed by atoms with Gasteiger partial charge in [0, 0.05) is 51.2 Å². The van der Waals surface area contributed by atoms with E-state index in [1.807, 2.05) is 34.3 Å². The number of anilines is 1. The van der Waals surface area contributed by atoms with E-state index in [9.17, 15) is 4.79 Å². The Labute approximate surface area is 208 Å². The third-order valence-electron chi connectivity index (χ3n) is 6.22. The SMILES string of the molecule is CC(C)n1ncc2c(C(=O)NCCCN3CCN(c4ncccn4)CC3)cc(-c3cccs3)nc21. The summed E-state index contributed by atoms with van der Waals surface area (Å²) in [4.78, 5) is 32.4. The molecule has 182 valence electrons. The van der Waals surface area contributed by atoms with Crippen molar-refractivity contribution in [1.29, 1.82) is 0 Å². The molecule has 4 aromatic heterocycles. The summed E-state index contributed by atoms with van der Waals surface area (Å²) in [6, 6.07) is 7.91. The molecule has 5 rings (SSSR count). The lowest BCUT2D eigenvalue weighted by molar-refractivity contribution is 0.0953. The van der Waals surface area contributed by atoms with E-state index in [2.05, 4.69) is 44.0 Å². The van der Waals surface area contributed by atoms with Crippen LogP contribution in [-0.2, 0) is 0 Å². The molecule has 1 amide bonds. The lowest BCUT2D eigenvalue weighted by atomic mass is 10.1. The number of hydrogen-bond acceptors (Lipinski definition) is 8. The second-order valence-corrected chi connectivity index (χ2v) is 9.89. The smallest absolute Gasteiger partial charge is 0.252 e. The number of nitrogens with zero attached hydrogens (tertiary/aromatic N) is 7. The summed E-state index contributed by atoms with van der Waals surface area (Å²) in [7, 11) is 0. The van der Waals surface area contributed by atoms with E-state index in [1.54, 1.807) is 29.9 Å². The molecule has 1 saturated heterocycles. The summed E-state index contributed by atoms with van der Waals surface area (Å²) < 4.78 is 1.88. The van der Waals surface area contributed by atoms with Gasteiger partial charge in [-0.2, -0.15) is 5.10 Å². The van der Waals surface area contributed by atoms with Gasteiger partial charge in [0.05, 0.1) is 27.7 Å². The number of amides is 1. The zero-order valence-electron chi connectivity index (χ0n) is 20.1. The zero-order chi connectivity index (χ0) is 24.2. The molecule has 0 atom stereocenters. The van der Waals surface area contributed by atoms with Crippen molar-refractivity contribution < 1.29 is 4.79 Å². The molecule has 0 aromatic carbocycles. The monoisotopic (exact) mass is 490 g/mol. The number of rotatable bonds is 8. The fourth-order valence-corrected chi connectivity index (χ4v) is 5.05. The van der Waals surface area contributed by atoms with E-state index < -0.39 is 0 Å². The number of aromatic nitrogens is 5. The first-order valence-corrected chi connectivity index (χ1v) is 12.9. The molecule has 0 spiro atoms. The van der Waals surface area contributed by atoms with Crippen molar-refractivity contribution in [1.82, 2.24) is 34.9 Å². The fraction of sp³-hybridized carbons (Fsp3) is 0.400. The van der Waals surface area contributed by atoms with Gasteiger partial charge in [0.2, 0.25) is 5.95 Å². The number of nitrogens with one attached hydrogen (secondary N) is 1. The van der Waals surface area contributed by atoms with Crippen molar-refractivity contribution in [3.63, 3.8) is 0 Å². The Morgan fingerprint density at radius 3 is 2.66 bits per heavy atom. The Balaban J connectivity index is 1.19. The first-order chi connectivity index (χ1) is 17.1. The van der Waals surface area contributed by atoms with Gasteiger partial charge < -0.3 is 10.2 Å². The summed E-state index contributed by atoms with van der Waals surface area (Å²) in [5.74, 6) is 0.718. The van der Waals surface area contributed by atoms with Crippen LogP contribution in [0.25, 0.3) is 21.6 Å². The summed E-state index contributed by atoms with van der Waals surface area (Å²) in [5, 5.41) is 10.4. The van der Waals surface area contributed by atoms with E-state index in [-0.39, 0.29) is 11.9 Å². The summed E-state index contributed by atoms with van der Waals surface area (Å²) in [6.07, 6.45) is 6.21. The highest BCUT2D eigenvalue weighted by atomic mass is 32.1. The van der Waals surface area contributed by atoms with Crippen LogP contribution in [-0.4, -0.2) is 74.8 Å². The Morgan fingerprint density at radius 1 is 1.14 bits per heavy atom. The normalized spacial score (nSPS) is 14.7. The van der Waals surface area contributed by atoms with Crippen molar-refractivity contribution in [2.24, 2.45) is 0 Å². The lowest BCUT2D eigenvalue weighted by Gasteiger charge is -2.34. The molecule has 0 saturated carbocycles. The van der Waals surface area contributed by atoms with Crippen LogP contribution in [0.15, 0.2) is 48.2 Å². The highest BCUT2D eigenvalue weighted by molar-refractivity contribution is 7.13. The minimum absolute atomic E-state index is 0.0791. The van der Waals surface area contributed by atoms with Gasteiger partial charge >= 0.3 is 0 Å². The fourth-order valence-electron chi connectivity index (χ4n) is 4.36. The predicted molar refractivity (Wildman–Crippen MR) is 139 cm³/mol. The molecule has 4 aromatic rings. The van der Waals surface area contributed by atoms with Crippen molar-refractivity contribution >= 4 is 34.2 Å². The number of thiophene rings is 1. The van der Waals surface area contributed by atoms with Gasteiger partial charge in [-0.25, -0.2) is 19.6 Å². The van der Waals surface area contributed by atoms with Gasteiger partial charge in [-0.15, -0.1) is 11.3 Å². The van der Waals surface area contributed by atoms with Crippen LogP contribution in [0.4, 0.5) is 5.95 Å². The Bertz CT molecular complexity index is 1260. The van der Waals surface area contributed by atoms with Gasteiger partial charge in [0.25, 0.3) is 5.91 Å². The summed E-state index contributed by atoms with van der Waals surface area (Å²) in [6.45, 7) is 9.47. The number of piperazine rings is 1. The average Bonchev–Trinajstić information content (AvgIpc) is 3.57. The largest absolute Gasteiger partial charge is 0.352 e. The van der Waals surface area contributed by atoms with E-state index in [1.165, 1.54) is 0 Å². The molecule has 1 aliphatic rings. The van der Waals surface area contributed by atoms with Gasteiger partial charge in [-0.3, -0.25) is 9.69 Å². The van der Waals surface area contributed by atoms with Crippen LogP contribution in [0, 0.1) is 0 Å². The summed E-state index contributed by atoms with van der Waals surface area (Å²) in [5.41, 5.74) is 2.18. The minimum atomic E-state index is -0.0791. The van der Waals surface area contributed by atoms with Crippen molar-refractivity contribution in [2.45, 2.75) is 26.3 Å². The van der Waals surface area contributed by atoms with Gasteiger partial charge in [-0.05, 0) is 50.4 Å². The molecule has 0 aliphatic carbocycles. The van der Waals surface area contributed by atoms with Crippen LogP contribution in [0.1, 0.15) is 36.7 Å². The average molecular weight is 491 g/mol. The molecular formula is C25H30N8OS. The zero-order valence-corrected chi connectivity index (χ0v) is 20.9. The third-order valence-corrected chi connectivity index (χ3v) is 7.11. The number of pyridine rings is 1. The Hall–Kier alpha value is -3.37. The van der Waals surface area contributed by atoms with Crippen molar-refractivity contribution in [3.8, 4) is 10.6 Å². The first kappa shape index (κ1) is 23.4. The van der Waals surface area contributed by atoms with Gasteiger partial charge in [0.1, 0.15) is 0 Å². The van der Waals surface area contributed by atoms with Crippen LogP contribution < -0.4 is 10.2 Å². The predicted octanol–water partition coefficient (Wildman–Crippen LogP) is 3.47. The highest BCUT2D eigenvalue weighted by Crippen LogP contribution is 2.28. The Morgan fingerprint density at radius 2 is 1.94 bits per heavy atom. The maximum atomic E-state index is 13.2.